The van der Waals surface area contributed by atoms with Crippen LogP contribution in [0.4, 0.5) is 4.39 Å². The van der Waals surface area contributed by atoms with Gasteiger partial charge < -0.3 is 19.1 Å². The number of aliphatic hydroxyl groups excluding tert-OH is 1. The molecule has 0 spiro atoms. The lowest BCUT2D eigenvalue weighted by atomic mass is 10.2. The van der Waals surface area contributed by atoms with E-state index in [1.807, 2.05) is 29.0 Å². The van der Waals surface area contributed by atoms with Crippen LogP contribution < -0.4 is 0 Å². The fourth-order valence-electron chi connectivity index (χ4n) is 2.85. The molecule has 6 heteroatoms. The number of terminal acetylenes is 1. The predicted molar refractivity (Wildman–Crippen MR) is 103 cm³/mol. The summed E-state index contributed by atoms with van der Waals surface area (Å²) in [6.07, 6.45) is 6.43. The number of methoxy groups -OCH3 is 1. The van der Waals surface area contributed by atoms with E-state index in [0.29, 0.717) is 38.3 Å². The van der Waals surface area contributed by atoms with Crippen molar-refractivity contribution in [1.82, 2.24) is 9.47 Å². The topological polar surface area (TPSA) is 46.9 Å². The Balaban J connectivity index is 2.01. The van der Waals surface area contributed by atoms with E-state index in [0.717, 1.165) is 5.69 Å². The summed E-state index contributed by atoms with van der Waals surface area (Å²) in [5.41, 5.74) is 1.67. The van der Waals surface area contributed by atoms with E-state index in [9.17, 15) is 9.50 Å². The average Bonchev–Trinajstić information content (AvgIpc) is 3.08. The van der Waals surface area contributed by atoms with E-state index in [1.54, 1.807) is 19.2 Å². The molecule has 0 fully saturated rings. The number of rotatable bonds is 12. The molecule has 1 heterocycles. The molecule has 0 amide bonds. The van der Waals surface area contributed by atoms with Gasteiger partial charge in [-0.2, -0.15) is 0 Å². The van der Waals surface area contributed by atoms with E-state index >= 15 is 0 Å². The number of ether oxygens (including phenoxy) is 2. The highest BCUT2D eigenvalue weighted by Crippen LogP contribution is 2.13. The molecule has 1 aromatic carbocycles. The van der Waals surface area contributed by atoms with E-state index in [2.05, 4.69) is 10.8 Å². The lowest BCUT2D eigenvalue weighted by molar-refractivity contribution is 0.0202. The minimum Gasteiger partial charge on any atom is -0.389 e. The van der Waals surface area contributed by atoms with E-state index in [1.165, 1.54) is 6.07 Å². The Morgan fingerprint density at radius 1 is 1.30 bits per heavy atom. The maximum Gasteiger partial charge on any atom is 0.128 e. The Labute approximate surface area is 160 Å². The number of nitrogens with zero attached hydrogens (tertiary/aromatic N) is 2. The van der Waals surface area contributed by atoms with Crippen LogP contribution in [0.25, 0.3) is 0 Å². The molecule has 0 aliphatic heterocycles. The van der Waals surface area contributed by atoms with Crippen LogP contribution in [0.5, 0.6) is 0 Å². The molecular formula is C21H27FN2O3. The smallest absolute Gasteiger partial charge is 0.128 e. The molecule has 0 aliphatic carbocycles. The molecular weight excluding hydrogens is 347 g/mol. The summed E-state index contributed by atoms with van der Waals surface area (Å²) in [6.45, 7) is 3.07. The van der Waals surface area contributed by atoms with E-state index in [4.69, 9.17) is 15.9 Å². The third-order valence-electron chi connectivity index (χ3n) is 4.18. The first kappa shape index (κ1) is 21.1. The van der Waals surface area contributed by atoms with Crippen LogP contribution >= 0.6 is 0 Å². The molecule has 2 rings (SSSR count). The SMILES string of the molecule is C#CCOC[C@H](O)CN(CCOC)Cc1cccn1Cc1ccccc1F. The molecule has 0 unspecified atom stereocenters. The van der Waals surface area contributed by atoms with Crippen LogP contribution in [-0.4, -0.2) is 60.7 Å². The Kier molecular flexibility index (Phi) is 9.02. The van der Waals surface area contributed by atoms with Gasteiger partial charge in [-0.15, -0.1) is 6.42 Å². The normalized spacial score (nSPS) is 12.3. The second-order valence-electron chi connectivity index (χ2n) is 6.32. The summed E-state index contributed by atoms with van der Waals surface area (Å²) in [4.78, 5) is 2.08. The third-order valence-corrected chi connectivity index (χ3v) is 4.18. The highest BCUT2D eigenvalue weighted by molar-refractivity contribution is 5.19. The van der Waals surface area contributed by atoms with Gasteiger partial charge in [-0.05, 0) is 18.2 Å². The van der Waals surface area contributed by atoms with Crippen LogP contribution in [0.3, 0.4) is 0 Å². The lowest BCUT2D eigenvalue weighted by Crippen LogP contribution is -2.37. The molecule has 1 N–H and O–H groups in total. The van der Waals surface area contributed by atoms with E-state index in [-0.39, 0.29) is 19.0 Å². The highest BCUT2D eigenvalue weighted by atomic mass is 19.1. The van der Waals surface area contributed by atoms with Gasteiger partial charge >= 0.3 is 0 Å². The number of halogens is 1. The van der Waals surface area contributed by atoms with Crippen molar-refractivity contribution in [2.75, 3.05) is 40.0 Å². The summed E-state index contributed by atoms with van der Waals surface area (Å²) < 4.78 is 26.4. The van der Waals surface area contributed by atoms with Crippen LogP contribution in [0.1, 0.15) is 11.3 Å². The van der Waals surface area contributed by atoms with Gasteiger partial charge in [0.15, 0.2) is 0 Å². The van der Waals surface area contributed by atoms with Crippen LogP contribution in [0.15, 0.2) is 42.6 Å². The summed E-state index contributed by atoms with van der Waals surface area (Å²) >= 11 is 0. The molecule has 146 valence electrons. The maximum absolute atomic E-state index is 14.0. The first-order valence-corrected chi connectivity index (χ1v) is 8.92. The number of hydrogen-bond donors (Lipinski definition) is 1. The van der Waals surface area contributed by atoms with Crippen molar-refractivity contribution >= 4 is 0 Å². The minimum atomic E-state index is -0.648. The van der Waals surface area contributed by atoms with Crippen molar-refractivity contribution in [2.24, 2.45) is 0 Å². The zero-order valence-corrected chi connectivity index (χ0v) is 15.7. The molecule has 0 aliphatic rings. The average molecular weight is 374 g/mol. The molecule has 2 aromatic rings. The Morgan fingerprint density at radius 3 is 2.85 bits per heavy atom. The molecule has 1 atom stereocenters. The van der Waals surface area contributed by atoms with Gasteiger partial charge in [0.25, 0.3) is 0 Å². The molecule has 0 saturated heterocycles. The maximum atomic E-state index is 14.0. The van der Waals surface area contributed by atoms with Gasteiger partial charge in [-0.3, -0.25) is 4.90 Å². The molecule has 5 nitrogen and oxygen atoms in total. The summed E-state index contributed by atoms with van der Waals surface area (Å²) in [5, 5.41) is 10.2. The molecule has 0 saturated carbocycles. The second-order valence-corrected chi connectivity index (χ2v) is 6.32. The van der Waals surface area contributed by atoms with Gasteiger partial charge in [0.1, 0.15) is 12.4 Å². The van der Waals surface area contributed by atoms with Gasteiger partial charge in [0, 0.05) is 44.2 Å². The number of hydrogen-bond acceptors (Lipinski definition) is 4. The number of aliphatic hydroxyl groups is 1. The highest BCUT2D eigenvalue weighted by Gasteiger charge is 2.15. The van der Waals surface area contributed by atoms with Crippen molar-refractivity contribution in [3.63, 3.8) is 0 Å². The third kappa shape index (κ3) is 7.16. The predicted octanol–water partition coefficient (Wildman–Crippen LogP) is 2.13. The van der Waals surface area contributed by atoms with Gasteiger partial charge in [-0.1, -0.05) is 24.1 Å². The monoisotopic (exact) mass is 374 g/mol. The molecule has 0 bridgehead atoms. The van der Waals surface area contributed by atoms with Gasteiger partial charge in [0.2, 0.25) is 0 Å². The van der Waals surface area contributed by atoms with Crippen molar-refractivity contribution < 1.29 is 19.0 Å². The zero-order valence-electron chi connectivity index (χ0n) is 15.7. The number of aromatic nitrogens is 1. The van der Waals surface area contributed by atoms with E-state index < -0.39 is 6.10 Å². The van der Waals surface area contributed by atoms with Crippen molar-refractivity contribution in [1.29, 1.82) is 0 Å². The van der Waals surface area contributed by atoms with Crippen LogP contribution in [0.2, 0.25) is 0 Å². The summed E-state index contributed by atoms with van der Waals surface area (Å²) in [5.74, 6) is 2.17. The lowest BCUT2D eigenvalue weighted by Gasteiger charge is -2.25. The summed E-state index contributed by atoms with van der Waals surface area (Å²) in [7, 11) is 1.64. The Hall–Kier alpha value is -2.17. The van der Waals surface area contributed by atoms with Crippen molar-refractivity contribution in [3.8, 4) is 12.3 Å². The number of benzene rings is 1. The molecule has 27 heavy (non-hydrogen) atoms. The van der Waals surface area contributed by atoms with Crippen LogP contribution in [-0.2, 0) is 22.6 Å². The zero-order chi connectivity index (χ0) is 19.5. The van der Waals surface area contributed by atoms with Gasteiger partial charge in [0.05, 0.1) is 25.9 Å². The largest absolute Gasteiger partial charge is 0.389 e. The van der Waals surface area contributed by atoms with Crippen molar-refractivity contribution in [2.45, 2.75) is 19.2 Å². The minimum absolute atomic E-state index is 0.181. The summed E-state index contributed by atoms with van der Waals surface area (Å²) in [6, 6.07) is 10.7. The first-order valence-electron chi connectivity index (χ1n) is 8.92. The van der Waals surface area contributed by atoms with Gasteiger partial charge in [-0.25, -0.2) is 4.39 Å². The molecule has 1 aromatic heterocycles. The Morgan fingerprint density at radius 2 is 2.11 bits per heavy atom. The first-order chi connectivity index (χ1) is 13.1. The quantitative estimate of drug-likeness (QED) is 0.457. The van der Waals surface area contributed by atoms with Crippen molar-refractivity contribution in [3.05, 3.63) is 59.7 Å². The standard InChI is InChI=1S/C21H27FN2O3/c1-3-12-27-17-20(25)16-23(11-13-26-2)15-19-8-6-10-24(19)14-18-7-4-5-9-21(18)22/h1,4-10,20,25H,11-17H2,2H3/t20-/m1/s1. The fourth-order valence-corrected chi connectivity index (χ4v) is 2.85. The molecule has 0 radical (unpaired) electrons. The Bertz CT molecular complexity index is 726. The van der Waals surface area contributed by atoms with Crippen LogP contribution in [0, 0.1) is 18.2 Å². The second kappa shape index (κ2) is 11.5. The fraction of sp³-hybridized carbons (Fsp3) is 0.429.